The molecule has 1 fully saturated rings. The highest BCUT2D eigenvalue weighted by molar-refractivity contribution is 5.90. The first-order chi connectivity index (χ1) is 14.5. The van der Waals surface area contributed by atoms with Crippen molar-refractivity contribution in [2.75, 3.05) is 12.3 Å². The van der Waals surface area contributed by atoms with Crippen molar-refractivity contribution >= 4 is 22.4 Å². The quantitative estimate of drug-likeness (QED) is 0.480. The predicted octanol–water partition coefficient (Wildman–Crippen LogP) is 5.92. The number of fused-ring (bicyclic) bond motifs is 1. The molecule has 4 rings (SSSR count). The zero-order valence-electron chi connectivity index (χ0n) is 17.4. The maximum atomic E-state index is 11.3. The third kappa shape index (κ3) is 4.59. The fraction of sp³-hybridized carbons (Fsp3) is 0.346. The molecule has 3 aromatic carbocycles. The topological polar surface area (TPSA) is 72.5 Å². The molecule has 0 aliphatic heterocycles. The SMILES string of the molecule is CC(Cc1ccc(OCC2CCCC2)c(-c2ccc3cc(N)ccc3c2)c1)C(=O)O. The number of aliphatic carboxylic acids is 1. The van der Waals surface area contributed by atoms with Crippen molar-refractivity contribution in [2.24, 2.45) is 11.8 Å². The van der Waals surface area contributed by atoms with Crippen LogP contribution in [0.5, 0.6) is 5.75 Å². The summed E-state index contributed by atoms with van der Waals surface area (Å²) in [5, 5.41) is 11.5. The van der Waals surface area contributed by atoms with Gasteiger partial charge in [-0.3, -0.25) is 4.79 Å². The normalized spacial score (nSPS) is 15.4. The van der Waals surface area contributed by atoms with Crippen LogP contribution in [0.2, 0.25) is 0 Å². The fourth-order valence-corrected chi connectivity index (χ4v) is 4.31. The van der Waals surface area contributed by atoms with E-state index in [4.69, 9.17) is 10.5 Å². The molecule has 1 unspecified atom stereocenters. The molecule has 156 valence electrons. The highest BCUT2D eigenvalue weighted by Gasteiger charge is 2.18. The number of benzene rings is 3. The number of nitrogen functional groups attached to an aromatic ring is 1. The summed E-state index contributed by atoms with van der Waals surface area (Å²) in [7, 11) is 0. The summed E-state index contributed by atoms with van der Waals surface area (Å²) in [5.41, 5.74) is 9.76. The Hall–Kier alpha value is -3.01. The molecule has 0 aromatic heterocycles. The van der Waals surface area contributed by atoms with E-state index >= 15 is 0 Å². The Kier molecular flexibility index (Phi) is 5.93. The van der Waals surface area contributed by atoms with Crippen LogP contribution in [0.25, 0.3) is 21.9 Å². The molecule has 0 spiro atoms. The fourth-order valence-electron chi connectivity index (χ4n) is 4.31. The molecule has 0 heterocycles. The lowest BCUT2D eigenvalue weighted by molar-refractivity contribution is -0.141. The van der Waals surface area contributed by atoms with Crippen molar-refractivity contribution in [1.82, 2.24) is 0 Å². The first kappa shape index (κ1) is 20.3. The molecule has 3 aromatic rings. The molecule has 0 amide bonds. The highest BCUT2D eigenvalue weighted by atomic mass is 16.5. The van der Waals surface area contributed by atoms with Crippen LogP contribution >= 0.6 is 0 Å². The van der Waals surface area contributed by atoms with E-state index in [1.807, 2.05) is 30.3 Å². The van der Waals surface area contributed by atoms with Crippen LogP contribution in [-0.2, 0) is 11.2 Å². The molecule has 1 aliphatic rings. The van der Waals surface area contributed by atoms with Gasteiger partial charge < -0.3 is 15.6 Å². The summed E-state index contributed by atoms with van der Waals surface area (Å²) in [4.78, 5) is 11.3. The number of hydrogen-bond donors (Lipinski definition) is 2. The lowest BCUT2D eigenvalue weighted by Crippen LogP contribution is -2.12. The van der Waals surface area contributed by atoms with Gasteiger partial charge in [-0.25, -0.2) is 0 Å². The molecule has 4 heteroatoms. The second-order valence-electron chi connectivity index (χ2n) is 8.56. The van der Waals surface area contributed by atoms with E-state index in [9.17, 15) is 9.90 Å². The third-order valence-electron chi connectivity index (χ3n) is 6.13. The number of carbonyl (C=O) groups is 1. The van der Waals surface area contributed by atoms with Crippen LogP contribution in [0.1, 0.15) is 38.2 Å². The molecule has 0 saturated heterocycles. The zero-order chi connectivity index (χ0) is 21.1. The van der Waals surface area contributed by atoms with Crippen molar-refractivity contribution in [3.05, 3.63) is 60.2 Å². The van der Waals surface area contributed by atoms with Crippen LogP contribution in [-0.4, -0.2) is 17.7 Å². The first-order valence-electron chi connectivity index (χ1n) is 10.8. The van der Waals surface area contributed by atoms with Crippen molar-refractivity contribution in [3.63, 3.8) is 0 Å². The van der Waals surface area contributed by atoms with Crippen LogP contribution in [0, 0.1) is 11.8 Å². The van der Waals surface area contributed by atoms with Gasteiger partial charge >= 0.3 is 5.97 Å². The van der Waals surface area contributed by atoms with Crippen molar-refractivity contribution in [1.29, 1.82) is 0 Å². The van der Waals surface area contributed by atoms with Gasteiger partial charge in [-0.05, 0) is 77.4 Å². The number of anilines is 1. The summed E-state index contributed by atoms with van der Waals surface area (Å²) in [6.07, 6.45) is 5.55. The van der Waals surface area contributed by atoms with Crippen LogP contribution in [0.3, 0.4) is 0 Å². The Balaban J connectivity index is 1.69. The Morgan fingerprint density at radius 2 is 1.80 bits per heavy atom. The minimum absolute atomic E-state index is 0.428. The van der Waals surface area contributed by atoms with E-state index in [1.54, 1.807) is 6.92 Å². The Labute approximate surface area is 177 Å². The molecule has 1 atom stereocenters. The maximum Gasteiger partial charge on any atom is 0.306 e. The molecule has 0 bridgehead atoms. The van der Waals surface area contributed by atoms with E-state index in [0.29, 0.717) is 12.3 Å². The largest absolute Gasteiger partial charge is 0.493 e. The number of carboxylic acid groups (broad SMARTS) is 1. The Morgan fingerprint density at radius 3 is 2.57 bits per heavy atom. The van der Waals surface area contributed by atoms with Gasteiger partial charge in [-0.2, -0.15) is 0 Å². The van der Waals surface area contributed by atoms with Crippen molar-refractivity contribution < 1.29 is 14.6 Å². The van der Waals surface area contributed by atoms with E-state index in [1.165, 1.54) is 25.7 Å². The predicted molar refractivity (Wildman–Crippen MR) is 122 cm³/mol. The smallest absolute Gasteiger partial charge is 0.306 e. The van der Waals surface area contributed by atoms with Gasteiger partial charge in [-0.15, -0.1) is 0 Å². The van der Waals surface area contributed by atoms with Crippen molar-refractivity contribution in [3.8, 4) is 16.9 Å². The first-order valence-corrected chi connectivity index (χ1v) is 10.8. The van der Waals surface area contributed by atoms with E-state index < -0.39 is 11.9 Å². The van der Waals surface area contributed by atoms with Crippen LogP contribution < -0.4 is 10.5 Å². The molecule has 0 radical (unpaired) electrons. The molecular weight excluding hydrogens is 374 g/mol. The average Bonchev–Trinajstić information content (AvgIpc) is 3.26. The Bertz CT molecular complexity index is 1050. The minimum atomic E-state index is -0.776. The van der Waals surface area contributed by atoms with Gasteiger partial charge in [0.25, 0.3) is 0 Å². The maximum absolute atomic E-state index is 11.3. The molecule has 1 saturated carbocycles. The molecule has 30 heavy (non-hydrogen) atoms. The molecule has 3 N–H and O–H groups in total. The summed E-state index contributed by atoms with van der Waals surface area (Å²) in [6.45, 7) is 2.48. The second-order valence-corrected chi connectivity index (χ2v) is 8.56. The van der Waals surface area contributed by atoms with Gasteiger partial charge in [0.2, 0.25) is 0 Å². The van der Waals surface area contributed by atoms with E-state index in [0.717, 1.165) is 45.5 Å². The number of ether oxygens (including phenoxy) is 1. The van der Waals surface area contributed by atoms with E-state index in [-0.39, 0.29) is 0 Å². The number of hydrogen-bond acceptors (Lipinski definition) is 3. The van der Waals surface area contributed by atoms with Gasteiger partial charge in [0.1, 0.15) is 5.75 Å². The minimum Gasteiger partial charge on any atom is -0.493 e. The third-order valence-corrected chi connectivity index (χ3v) is 6.13. The van der Waals surface area contributed by atoms with Gasteiger partial charge in [0.15, 0.2) is 0 Å². The average molecular weight is 404 g/mol. The lowest BCUT2D eigenvalue weighted by Gasteiger charge is -2.17. The summed E-state index contributed by atoms with van der Waals surface area (Å²) in [6, 6.07) is 18.3. The Morgan fingerprint density at radius 1 is 1.07 bits per heavy atom. The molecule has 1 aliphatic carbocycles. The number of nitrogens with two attached hydrogens (primary N) is 1. The number of rotatable bonds is 7. The van der Waals surface area contributed by atoms with E-state index in [2.05, 4.69) is 24.3 Å². The summed E-state index contributed by atoms with van der Waals surface area (Å²) >= 11 is 0. The zero-order valence-corrected chi connectivity index (χ0v) is 17.4. The molecular formula is C26H29NO3. The standard InChI is InChI=1S/C26H29NO3/c1-17(26(28)29)12-19-6-11-25(30-16-18-4-2-3-5-18)24(13-19)22-8-7-21-15-23(27)10-9-20(21)14-22/h6-11,13-15,17-18H,2-5,12,16,27H2,1H3,(H,28,29). The number of carboxylic acids is 1. The van der Waals surface area contributed by atoms with Gasteiger partial charge in [-0.1, -0.05) is 44.0 Å². The molecule has 4 nitrogen and oxygen atoms in total. The van der Waals surface area contributed by atoms with Crippen molar-refractivity contribution in [2.45, 2.75) is 39.0 Å². The van der Waals surface area contributed by atoms with Crippen LogP contribution in [0.4, 0.5) is 5.69 Å². The summed E-state index contributed by atoms with van der Waals surface area (Å²) in [5.74, 6) is 0.289. The van der Waals surface area contributed by atoms with Gasteiger partial charge in [0.05, 0.1) is 12.5 Å². The second kappa shape index (κ2) is 8.78. The summed E-state index contributed by atoms with van der Waals surface area (Å²) < 4.78 is 6.28. The monoisotopic (exact) mass is 403 g/mol. The highest BCUT2D eigenvalue weighted by Crippen LogP contribution is 2.35. The van der Waals surface area contributed by atoms with Gasteiger partial charge in [0, 0.05) is 11.3 Å². The van der Waals surface area contributed by atoms with Crippen LogP contribution in [0.15, 0.2) is 54.6 Å². The lowest BCUT2D eigenvalue weighted by atomic mass is 9.95.